The molecule has 1 aromatic heterocycles. The quantitative estimate of drug-likeness (QED) is 0.0432. The van der Waals surface area contributed by atoms with Crippen LogP contribution in [0.1, 0.15) is 141 Å². The molecule has 0 amide bonds. The van der Waals surface area contributed by atoms with Crippen molar-refractivity contribution in [3.8, 4) is 0 Å². The minimum atomic E-state index is -4.29. The zero-order valence-electron chi connectivity index (χ0n) is 29.4. The van der Waals surface area contributed by atoms with Gasteiger partial charge in [0.2, 0.25) is 0 Å². The van der Waals surface area contributed by atoms with E-state index in [4.69, 9.17) is 23.6 Å². The van der Waals surface area contributed by atoms with Gasteiger partial charge in [0.25, 0.3) is 0 Å². The van der Waals surface area contributed by atoms with Crippen molar-refractivity contribution in [2.45, 2.75) is 155 Å². The highest BCUT2D eigenvalue weighted by atomic mass is 31.2. The molecule has 0 saturated carbocycles. The van der Waals surface area contributed by atoms with Crippen LogP contribution in [0.2, 0.25) is 0 Å². The molecular formula is C36H67NO8P+. The Labute approximate surface area is 280 Å². The highest BCUT2D eigenvalue weighted by molar-refractivity contribution is 7.47. The van der Waals surface area contributed by atoms with E-state index in [1.54, 1.807) is 0 Å². The Morgan fingerprint density at radius 2 is 1.41 bits per heavy atom. The van der Waals surface area contributed by atoms with Crippen molar-refractivity contribution in [1.82, 2.24) is 0 Å². The molecule has 9 nitrogen and oxygen atoms in total. The third-order valence-electron chi connectivity index (χ3n) is 8.26. The predicted molar refractivity (Wildman–Crippen MR) is 184 cm³/mol. The first-order valence-corrected chi connectivity index (χ1v) is 19.7. The van der Waals surface area contributed by atoms with Crippen LogP contribution in [0.15, 0.2) is 24.5 Å². The monoisotopic (exact) mass is 672 g/mol. The molecule has 0 fully saturated rings. The summed E-state index contributed by atoms with van der Waals surface area (Å²) in [6.45, 7) is 7.97. The highest BCUT2D eigenvalue weighted by Crippen LogP contribution is 2.43. The Morgan fingerprint density at radius 3 is 2.00 bits per heavy atom. The van der Waals surface area contributed by atoms with Gasteiger partial charge in [0.1, 0.15) is 12.7 Å². The van der Waals surface area contributed by atoms with Crippen LogP contribution in [0, 0.1) is 12.8 Å². The maximum absolute atomic E-state index is 12.6. The van der Waals surface area contributed by atoms with Gasteiger partial charge in [-0.1, -0.05) is 104 Å². The Bertz CT molecular complexity index is 918. The number of hydrogen-bond acceptors (Lipinski definition) is 6. The molecule has 268 valence electrons. The Morgan fingerprint density at radius 1 is 0.804 bits per heavy atom. The predicted octanol–water partition coefficient (Wildman–Crippen LogP) is 8.97. The van der Waals surface area contributed by atoms with Gasteiger partial charge in [-0.05, 0) is 44.6 Å². The van der Waals surface area contributed by atoms with Crippen molar-refractivity contribution in [2.75, 3.05) is 33.0 Å². The van der Waals surface area contributed by atoms with E-state index in [2.05, 4.69) is 13.8 Å². The van der Waals surface area contributed by atoms with Crippen LogP contribution in [0.4, 0.5) is 0 Å². The number of carboxylic acids is 1. The number of unbranched alkanes of at least 4 members (excludes halogenated alkanes) is 13. The number of aliphatic carboxylic acids is 1. The first-order chi connectivity index (χ1) is 22.3. The summed E-state index contributed by atoms with van der Waals surface area (Å²) in [6, 6.07) is 3.89. The summed E-state index contributed by atoms with van der Waals surface area (Å²) in [5, 5.41) is 8.92. The van der Waals surface area contributed by atoms with Gasteiger partial charge in [-0.15, -0.1) is 0 Å². The van der Waals surface area contributed by atoms with Gasteiger partial charge in [0, 0.05) is 31.3 Å². The van der Waals surface area contributed by atoms with Crippen molar-refractivity contribution in [3.63, 3.8) is 0 Å². The van der Waals surface area contributed by atoms with Crippen LogP contribution in [0.5, 0.6) is 0 Å². The number of ether oxygens (including phenoxy) is 2. The van der Waals surface area contributed by atoms with Crippen LogP contribution in [-0.2, 0) is 34.4 Å². The maximum Gasteiger partial charge on any atom is 0.472 e. The van der Waals surface area contributed by atoms with E-state index in [0.29, 0.717) is 38.5 Å². The minimum Gasteiger partial charge on any atom is -0.481 e. The first kappa shape index (κ1) is 42.7. The summed E-state index contributed by atoms with van der Waals surface area (Å²) in [7, 11) is -4.29. The Hall–Kier alpha value is -1.35. The van der Waals surface area contributed by atoms with Crippen LogP contribution < -0.4 is 4.57 Å². The fourth-order valence-electron chi connectivity index (χ4n) is 5.50. The van der Waals surface area contributed by atoms with E-state index >= 15 is 0 Å². The number of hydrogen-bond donors (Lipinski definition) is 2. The zero-order valence-corrected chi connectivity index (χ0v) is 30.3. The molecular weight excluding hydrogens is 605 g/mol. The van der Waals surface area contributed by atoms with E-state index in [-0.39, 0.29) is 26.2 Å². The number of aromatic nitrogens is 1. The Kier molecular flexibility index (Phi) is 26.6. The fraction of sp³-hybridized carbons (Fsp3) is 0.833. The lowest BCUT2D eigenvalue weighted by atomic mass is 9.94. The first-order valence-electron chi connectivity index (χ1n) is 18.2. The number of carbonyl (C=O) groups is 1. The SMILES string of the molecule is CCCCCCCCCCC(CCCCCCCC)COCC(COP(=O)(O)OCC[n+]1cccc(C)c1)OCCCCC(=O)O. The Balaban J connectivity index is 2.58. The number of aryl methyl sites for hydroxylation is 1. The molecule has 0 saturated heterocycles. The number of rotatable bonds is 33. The van der Waals surface area contributed by atoms with Crippen molar-refractivity contribution >= 4 is 13.8 Å². The molecule has 0 aliphatic rings. The average molecular weight is 673 g/mol. The molecule has 0 aliphatic heterocycles. The topological polar surface area (TPSA) is 115 Å². The number of phosphoric acid groups is 1. The van der Waals surface area contributed by atoms with E-state index < -0.39 is 19.9 Å². The standard InChI is InChI=1S/C36H66NO8P/c1-4-6-8-10-12-13-15-17-23-34(22-16-14-11-9-7-5-2)30-42-31-35(43-27-19-18-24-36(38)39)32-45-46(40,41)44-28-26-37-25-20-21-33(3)29-37/h20-21,25,29,34-35H,4-19,22-24,26-28,30-32H2,1-3H3,(H-,38,39,40,41)/p+1. The number of carboxylic acid groups (broad SMARTS) is 1. The molecule has 3 unspecified atom stereocenters. The molecule has 10 heteroatoms. The number of nitrogens with zero attached hydrogens (tertiary/aromatic N) is 1. The van der Waals surface area contributed by atoms with Crippen molar-refractivity contribution in [2.24, 2.45) is 5.92 Å². The number of phosphoric ester groups is 1. The molecule has 1 rings (SSSR count). The average Bonchev–Trinajstić information content (AvgIpc) is 3.01. The second-order valence-corrected chi connectivity index (χ2v) is 14.2. The van der Waals surface area contributed by atoms with E-state index in [1.165, 1.54) is 89.9 Å². The molecule has 1 heterocycles. The van der Waals surface area contributed by atoms with Crippen molar-refractivity contribution in [3.05, 3.63) is 30.1 Å². The highest BCUT2D eigenvalue weighted by Gasteiger charge is 2.25. The van der Waals surface area contributed by atoms with E-state index in [0.717, 1.165) is 18.4 Å². The summed E-state index contributed by atoms with van der Waals surface area (Å²) in [4.78, 5) is 21.2. The fourth-order valence-corrected chi connectivity index (χ4v) is 6.24. The van der Waals surface area contributed by atoms with Crippen LogP contribution in [0.3, 0.4) is 0 Å². The van der Waals surface area contributed by atoms with Gasteiger partial charge in [0.05, 0.1) is 13.2 Å². The molecule has 0 aromatic carbocycles. The summed E-state index contributed by atoms with van der Waals surface area (Å²) in [5.74, 6) is -0.354. The number of pyridine rings is 1. The third-order valence-corrected chi connectivity index (χ3v) is 9.25. The molecule has 0 radical (unpaired) electrons. The molecule has 0 bridgehead atoms. The lowest BCUT2D eigenvalue weighted by Gasteiger charge is -2.22. The lowest BCUT2D eigenvalue weighted by Crippen LogP contribution is -2.35. The molecule has 1 aromatic rings. The molecule has 0 spiro atoms. The van der Waals surface area contributed by atoms with Gasteiger partial charge in [-0.25, -0.2) is 9.13 Å². The van der Waals surface area contributed by atoms with E-state index in [1.807, 2.05) is 36.0 Å². The molecule has 0 aliphatic carbocycles. The zero-order chi connectivity index (χ0) is 33.7. The summed E-state index contributed by atoms with van der Waals surface area (Å²) in [6.07, 6.45) is 24.8. The summed E-state index contributed by atoms with van der Waals surface area (Å²) in [5.41, 5.74) is 1.08. The summed E-state index contributed by atoms with van der Waals surface area (Å²) >= 11 is 0. The smallest absolute Gasteiger partial charge is 0.472 e. The van der Waals surface area contributed by atoms with Gasteiger partial charge >= 0.3 is 13.8 Å². The third kappa shape index (κ3) is 25.7. The van der Waals surface area contributed by atoms with E-state index in [9.17, 15) is 14.3 Å². The lowest BCUT2D eigenvalue weighted by molar-refractivity contribution is -0.698. The maximum atomic E-state index is 12.6. The normalized spacial score (nSPS) is 14.3. The van der Waals surface area contributed by atoms with Gasteiger partial charge in [-0.3, -0.25) is 13.8 Å². The van der Waals surface area contributed by atoms with Crippen LogP contribution >= 0.6 is 7.82 Å². The molecule has 2 N–H and O–H groups in total. The van der Waals surface area contributed by atoms with Crippen LogP contribution in [-0.4, -0.2) is 55.1 Å². The largest absolute Gasteiger partial charge is 0.481 e. The second kappa shape index (κ2) is 28.6. The van der Waals surface area contributed by atoms with Crippen molar-refractivity contribution in [1.29, 1.82) is 0 Å². The van der Waals surface area contributed by atoms with Gasteiger partial charge in [0.15, 0.2) is 18.9 Å². The van der Waals surface area contributed by atoms with Gasteiger partial charge in [-0.2, -0.15) is 0 Å². The second-order valence-electron chi connectivity index (χ2n) is 12.8. The van der Waals surface area contributed by atoms with Crippen LogP contribution in [0.25, 0.3) is 0 Å². The molecule has 46 heavy (non-hydrogen) atoms. The van der Waals surface area contributed by atoms with Crippen molar-refractivity contribution < 1.29 is 42.4 Å². The van der Waals surface area contributed by atoms with Gasteiger partial charge < -0.3 is 19.5 Å². The summed E-state index contributed by atoms with van der Waals surface area (Å²) < 4.78 is 37.1. The minimum absolute atomic E-state index is 0.0258. The molecule has 3 atom stereocenters.